The van der Waals surface area contributed by atoms with Crippen LogP contribution in [0.15, 0.2) is 0 Å². The molecule has 66 valence electrons. The minimum absolute atomic E-state index is 0.206. The predicted molar refractivity (Wildman–Crippen MR) is 47.4 cm³/mol. The lowest BCUT2D eigenvalue weighted by Gasteiger charge is -1.95. The van der Waals surface area contributed by atoms with Gasteiger partial charge in [0.2, 0.25) is 5.91 Å². The molecular weight excluding hydrogens is 138 g/mol. The van der Waals surface area contributed by atoms with Gasteiger partial charge in [0.1, 0.15) is 0 Å². The smallest absolute Gasteiger partial charge is 0.223 e. The standard InChI is InChI=1S/C6H11NO.C3H8/c1-4-3-5(2)7-6(4)8;1-3-2/h4-5H,3H2,1-2H3,(H,7,8);3H2,1-2H3. The second kappa shape index (κ2) is 5.16. The SMILES string of the molecule is CC1CC(C)C(=O)N1.CCC. The van der Waals surface area contributed by atoms with Gasteiger partial charge in [-0.3, -0.25) is 4.79 Å². The normalized spacial score (nSPS) is 28.9. The molecule has 1 saturated heterocycles. The Kier molecular flexibility index (Phi) is 4.92. The van der Waals surface area contributed by atoms with Crippen LogP contribution in [-0.4, -0.2) is 11.9 Å². The first-order valence-electron chi connectivity index (χ1n) is 4.42. The summed E-state index contributed by atoms with van der Waals surface area (Å²) in [6.45, 7) is 8.24. The van der Waals surface area contributed by atoms with Crippen LogP contribution >= 0.6 is 0 Å². The summed E-state index contributed by atoms with van der Waals surface area (Å²) in [5.74, 6) is 0.447. The molecule has 0 radical (unpaired) electrons. The van der Waals surface area contributed by atoms with Crippen molar-refractivity contribution in [3.8, 4) is 0 Å². The molecule has 2 heteroatoms. The molecule has 0 aromatic heterocycles. The van der Waals surface area contributed by atoms with Gasteiger partial charge in [-0.05, 0) is 13.3 Å². The maximum absolute atomic E-state index is 10.7. The fourth-order valence-electron chi connectivity index (χ4n) is 1.08. The summed E-state index contributed by atoms with van der Waals surface area (Å²) in [5.41, 5.74) is 0. The van der Waals surface area contributed by atoms with Gasteiger partial charge in [0.15, 0.2) is 0 Å². The van der Waals surface area contributed by atoms with Gasteiger partial charge < -0.3 is 5.32 Å². The molecule has 1 rings (SSSR count). The highest BCUT2D eigenvalue weighted by Gasteiger charge is 2.24. The monoisotopic (exact) mass is 157 g/mol. The quantitative estimate of drug-likeness (QED) is 0.572. The summed E-state index contributed by atoms with van der Waals surface area (Å²) in [5, 5.41) is 2.83. The Balaban J connectivity index is 0.000000292. The molecule has 0 aromatic rings. The van der Waals surface area contributed by atoms with Crippen LogP contribution in [0.1, 0.15) is 40.5 Å². The molecule has 1 heterocycles. The van der Waals surface area contributed by atoms with Crippen LogP contribution in [0.3, 0.4) is 0 Å². The summed E-state index contributed by atoms with van der Waals surface area (Å²) in [6, 6.07) is 0.400. The van der Waals surface area contributed by atoms with Crippen LogP contribution in [0.5, 0.6) is 0 Å². The highest BCUT2D eigenvalue weighted by molar-refractivity contribution is 5.80. The Bertz CT molecular complexity index is 123. The van der Waals surface area contributed by atoms with Gasteiger partial charge in [-0.25, -0.2) is 0 Å². The van der Waals surface area contributed by atoms with Crippen molar-refractivity contribution in [1.82, 2.24) is 5.32 Å². The van der Waals surface area contributed by atoms with E-state index in [1.165, 1.54) is 6.42 Å². The van der Waals surface area contributed by atoms with Crippen LogP contribution < -0.4 is 5.32 Å². The second-order valence-corrected chi connectivity index (χ2v) is 3.25. The number of carbonyl (C=O) groups excluding carboxylic acids is 1. The van der Waals surface area contributed by atoms with Crippen LogP contribution in [0.4, 0.5) is 0 Å². The molecule has 2 nitrogen and oxygen atoms in total. The Morgan fingerprint density at radius 2 is 1.91 bits per heavy atom. The third kappa shape index (κ3) is 4.02. The Morgan fingerprint density at radius 1 is 1.45 bits per heavy atom. The first kappa shape index (κ1) is 10.5. The Morgan fingerprint density at radius 3 is 2.00 bits per heavy atom. The van der Waals surface area contributed by atoms with E-state index in [0.717, 1.165) is 6.42 Å². The summed E-state index contributed by atoms with van der Waals surface area (Å²) in [4.78, 5) is 10.7. The molecule has 0 aliphatic carbocycles. The second-order valence-electron chi connectivity index (χ2n) is 3.25. The number of hydrogen-bond acceptors (Lipinski definition) is 1. The molecule has 0 saturated carbocycles. The Hall–Kier alpha value is -0.530. The summed E-state index contributed by atoms with van der Waals surface area (Å²) < 4.78 is 0. The van der Waals surface area contributed by atoms with Crippen LogP contribution in [0, 0.1) is 5.92 Å². The largest absolute Gasteiger partial charge is 0.353 e. The van der Waals surface area contributed by atoms with Crippen LogP contribution in [-0.2, 0) is 4.79 Å². The van der Waals surface area contributed by atoms with Gasteiger partial charge in [-0.15, -0.1) is 0 Å². The minimum Gasteiger partial charge on any atom is -0.353 e. The van der Waals surface area contributed by atoms with Crippen molar-refractivity contribution in [3.05, 3.63) is 0 Å². The molecule has 0 bridgehead atoms. The highest BCUT2D eigenvalue weighted by Crippen LogP contribution is 2.12. The van der Waals surface area contributed by atoms with E-state index in [1.54, 1.807) is 0 Å². The number of rotatable bonds is 0. The van der Waals surface area contributed by atoms with Gasteiger partial charge in [-0.1, -0.05) is 27.2 Å². The molecule has 0 aromatic carbocycles. The van der Waals surface area contributed by atoms with Crippen molar-refractivity contribution in [2.75, 3.05) is 0 Å². The number of carbonyl (C=O) groups is 1. The van der Waals surface area contributed by atoms with Gasteiger partial charge in [-0.2, -0.15) is 0 Å². The van der Waals surface area contributed by atoms with E-state index >= 15 is 0 Å². The maximum atomic E-state index is 10.7. The van der Waals surface area contributed by atoms with Crippen molar-refractivity contribution in [2.24, 2.45) is 5.92 Å². The number of amides is 1. The van der Waals surface area contributed by atoms with Crippen LogP contribution in [0.25, 0.3) is 0 Å². The van der Waals surface area contributed by atoms with E-state index in [0.29, 0.717) is 6.04 Å². The average molecular weight is 157 g/mol. The lowest BCUT2D eigenvalue weighted by Crippen LogP contribution is -2.22. The van der Waals surface area contributed by atoms with E-state index in [-0.39, 0.29) is 11.8 Å². The van der Waals surface area contributed by atoms with E-state index in [9.17, 15) is 4.79 Å². The lowest BCUT2D eigenvalue weighted by molar-refractivity contribution is -0.122. The number of nitrogens with one attached hydrogen (secondary N) is 1. The van der Waals surface area contributed by atoms with E-state index < -0.39 is 0 Å². The molecular formula is C9H19NO. The van der Waals surface area contributed by atoms with E-state index in [1.807, 2.05) is 13.8 Å². The maximum Gasteiger partial charge on any atom is 0.223 e. The summed E-state index contributed by atoms with van der Waals surface area (Å²) in [6.07, 6.45) is 2.25. The van der Waals surface area contributed by atoms with Gasteiger partial charge >= 0.3 is 0 Å². The zero-order valence-electron chi connectivity index (χ0n) is 7.98. The van der Waals surface area contributed by atoms with Gasteiger partial charge in [0.25, 0.3) is 0 Å². The van der Waals surface area contributed by atoms with Gasteiger partial charge in [0.05, 0.1) is 0 Å². The lowest BCUT2D eigenvalue weighted by atomic mass is 10.1. The molecule has 0 spiro atoms. The van der Waals surface area contributed by atoms with Crippen molar-refractivity contribution in [3.63, 3.8) is 0 Å². The van der Waals surface area contributed by atoms with Crippen molar-refractivity contribution >= 4 is 5.91 Å². The summed E-state index contributed by atoms with van der Waals surface area (Å²) in [7, 11) is 0. The summed E-state index contributed by atoms with van der Waals surface area (Å²) >= 11 is 0. The fourth-order valence-corrected chi connectivity index (χ4v) is 1.08. The molecule has 1 aliphatic rings. The van der Waals surface area contributed by atoms with Gasteiger partial charge in [0, 0.05) is 12.0 Å². The molecule has 2 atom stereocenters. The topological polar surface area (TPSA) is 29.1 Å². The van der Waals surface area contributed by atoms with E-state index in [4.69, 9.17) is 0 Å². The average Bonchev–Trinajstić information content (AvgIpc) is 2.12. The van der Waals surface area contributed by atoms with E-state index in [2.05, 4.69) is 19.2 Å². The fraction of sp³-hybridized carbons (Fsp3) is 0.889. The first-order chi connectivity index (χ1) is 5.11. The molecule has 11 heavy (non-hydrogen) atoms. The highest BCUT2D eigenvalue weighted by atomic mass is 16.2. The molecule has 1 N–H and O–H groups in total. The first-order valence-corrected chi connectivity index (χ1v) is 4.42. The molecule has 1 aliphatic heterocycles. The van der Waals surface area contributed by atoms with Crippen molar-refractivity contribution < 1.29 is 4.79 Å². The zero-order chi connectivity index (χ0) is 8.85. The van der Waals surface area contributed by atoms with Crippen molar-refractivity contribution in [1.29, 1.82) is 0 Å². The van der Waals surface area contributed by atoms with Crippen LogP contribution in [0.2, 0.25) is 0 Å². The molecule has 2 unspecified atom stereocenters. The molecule has 1 fully saturated rings. The molecule has 1 amide bonds. The number of hydrogen-bond donors (Lipinski definition) is 1. The third-order valence-corrected chi connectivity index (χ3v) is 1.54. The zero-order valence-corrected chi connectivity index (χ0v) is 7.98. The third-order valence-electron chi connectivity index (χ3n) is 1.54. The van der Waals surface area contributed by atoms with Crippen molar-refractivity contribution in [2.45, 2.75) is 46.6 Å². The Labute approximate surface area is 69.4 Å². The predicted octanol–water partition coefficient (Wildman–Crippen LogP) is 1.95. The minimum atomic E-state index is 0.206.